The van der Waals surface area contributed by atoms with Crippen molar-refractivity contribution in [3.8, 4) is 0 Å². The molecule has 1 unspecified atom stereocenters. The second kappa shape index (κ2) is 7.73. The number of anilines is 4. The summed E-state index contributed by atoms with van der Waals surface area (Å²) < 4.78 is 13.1. The minimum atomic E-state index is -0.243. The van der Waals surface area contributed by atoms with Crippen molar-refractivity contribution in [1.82, 2.24) is 10.3 Å². The zero-order valence-corrected chi connectivity index (χ0v) is 17.1. The van der Waals surface area contributed by atoms with Crippen molar-refractivity contribution in [2.45, 2.75) is 5.37 Å². The van der Waals surface area contributed by atoms with Crippen LogP contribution >= 0.6 is 23.1 Å². The number of hydrogen-bond acceptors (Lipinski definition) is 7. The topological polar surface area (TPSA) is 66.2 Å². The fourth-order valence-electron chi connectivity index (χ4n) is 2.80. The third kappa shape index (κ3) is 3.93. The highest BCUT2D eigenvalue weighted by atomic mass is 32.2. The number of aromatic nitrogens is 1. The van der Waals surface area contributed by atoms with Crippen LogP contribution in [-0.2, 0) is 0 Å². The van der Waals surface area contributed by atoms with Crippen LogP contribution in [0.5, 0.6) is 0 Å². The van der Waals surface area contributed by atoms with Gasteiger partial charge >= 0.3 is 0 Å². The number of thioether (sulfide) groups is 1. The Morgan fingerprint density at radius 3 is 2.50 bits per heavy atom. The van der Waals surface area contributed by atoms with E-state index in [0.717, 1.165) is 32.6 Å². The predicted octanol–water partition coefficient (Wildman–Crippen LogP) is 5.01. The molecule has 1 aliphatic rings. The number of nitrogen functional groups attached to an aromatic ring is 1. The Hall–Kier alpha value is -2.71. The Morgan fingerprint density at radius 2 is 1.82 bits per heavy atom. The molecule has 1 aliphatic heterocycles. The lowest BCUT2D eigenvalue weighted by Gasteiger charge is -2.12. The first-order chi connectivity index (χ1) is 13.5. The maximum atomic E-state index is 13.1. The molecule has 3 aromatic rings. The van der Waals surface area contributed by atoms with Crippen molar-refractivity contribution in [1.29, 1.82) is 0 Å². The molecule has 4 N–H and O–H groups in total. The zero-order valence-electron chi connectivity index (χ0n) is 15.4. The molecule has 0 spiro atoms. The van der Waals surface area contributed by atoms with Gasteiger partial charge in [-0.1, -0.05) is 11.3 Å². The number of nitrogens with zero attached hydrogens (tertiary/aromatic N) is 2. The Labute approximate surface area is 171 Å². The number of nitrogens with two attached hydrogens (primary N) is 1. The van der Waals surface area contributed by atoms with Gasteiger partial charge in [0.25, 0.3) is 0 Å². The second-order valence-corrected chi connectivity index (χ2v) is 8.54. The molecular formula is C20H20FN5S2. The van der Waals surface area contributed by atoms with Gasteiger partial charge in [0.1, 0.15) is 17.0 Å². The fourth-order valence-corrected chi connectivity index (χ4v) is 4.87. The van der Waals surface area contributed by atoms with Crippen LogP contribution in [0.15, 0.2) is 53.9 Å². The number of thiazole rings is 1. The van der Waals surface area contributed by atoms with Crippen LogP contribution in [0, 0.1) is 5.82 Å². The monoisotopic (exact) mass is 413 g/mol. The van der Waals surface area contributed by atoms with Gasteiger partial charge in [-0.25, -0.2) is 9.37 Å². The quantitative estimate of drug-likeness (QED) is 0.547. The van der Waals surface area contributed by atoms with Gasteiger partial charge in [-0.2, -0.15) is 0 Å². The normalized spacial score (nSPS) is 15.8. The number of rotatable bonds is 5. The second-order valence-electron chi connectivity index (χ2n) is 6.53. The lowest BCUT2D eigenvalue weighted by Crippen LogP contribution is -2.12. The SMILES string of the molecule is CN(C)c1ccc(Nc2nc(N)c(C3NC(c4ccc(F)cc4)=CS3)s2)cc1. The number of benzene rings is 2. The lowest BCUT2D eigenvalue weighted by molar-refractivity contribution is 0.627. The largest absolute Gasteiger partial charge is 0.383 e. The lowest BCUT2D eigenvalue weighted by atomic mass is 10.2. The Morgan fingerprint density at radius 1 is 1.11 bits per heavy atom. The summed E-state index contributed by atoms with van der Waals surface area (Å²) >= 11 is 3.16. The van der Waals surface area contributed by atoms with Gasteiger partial charge < -0.3 is 21.3 Å². The first kappa shape index (κ1) is 18.6. The minimum Gasteiger partial charge on any atom is -0.383 e. The van der Waals surface area contributed by atoms with Crippen molar-refractivity contribution < 1.29 is 4.39 Å². The van der Waals surface area contributed by atoms with Crippen molar-refractivity contribution in [2.75, 3.05) is 30.0 Å². The molecule has 2 aromatic carbocycles. The van der Waals surface area contributed by atoms with Crippen LogP contribution < -0.4 is 21.3 Å². The highest BCUT2D eigenvalue weighted by Crippen LogP contribution is 2.43. The van der Waals surface area contributed by atoms with E-state index in [0.29, 0.717) is 5.82 Å². The highest BCUT2D eigenvalue weighted by molar-refractivity contribution is 8.02. The van der Waals surface area contributed by atoms with Crippen LogP contribution in [0.1, 0.15) is 15.8 Å². The molecule has 8 heteroatoms. The molecule has 0 radical (unpaired) electrons. The third-order valence-electron chi connectivity index (χ3n) is 4.32. The van der Waals surface area contributed by atoms with Crippen molar-refractivity contribution in [3.63, 3.8) is 0 Å². The van der Waals surface area contributed by atoms with E-state index in [1.807, 2.05) is 43.8 Å². The van der Waals surface area contributed by atoms with Crippen LogP contribution in [-0.4, -0.2) is 19.1 Å². The average Bonchev–Trinajstić information content (AvgIpc) is 3.29. The summed E-state index contributed by atoms with van der Waals surface area (Å²) in [5.74, 6) is 0.267. The van der Waals surface area contributed by atoms with E-state index >= 15 is 0 Å². The molecule has 5 nitrogen and oxygen atoms in total. The van der Waals surface area contributed by atoms with Crippen LogP contribution in [0.4, 0.5) is 26.7 Å². The van der Waals surface area contributed by atoms with E-state index in [4.69, 9.17) is 5.73 Å². The maximum Gasteiger partial charge on any atom is 0.189 e. The fraction of sp³-hybridized carbons (Fsp3) is 0.150. The van der Waals surface area contributed by atoms with E-state index in [-0.39, 0.29) is 11.2 Å². The van der Waals surface area contributed by atoms with Gasteiger partial charge in [0.05, 0.1) is 4.88 Å². The summed E-state index contributed by atoms with van der Waals surface area (Å²) in [6, 6.07) is 14.6. The molecule has 1 aromatic heterocycles. The Bertz CT molecular complexity index is 996. The molecular weight excluding hydrogens is 393 g/mol. The number of nitrogens with one attached hydrogen (secondary N) is 2. The van der Waals surface area contributed by atoms with Crippen LogP contribution in [0.2, 0.25) is 0 Å². The van der Waals surface area contributed by atoms with Gasteiger partial charge in [-0.3, -0.25) is 0 Å². The Balaban J connectivity index is 1.45. The van der Waals surface area contributed by atoms with E-state index in [9.17, 15) is 4.39 Å². The summed E-state index contributed by atoms with van der Waals surface area (Å²) in [7, 11) is 4.02. The minimum absolute atomic E-state index is 0.00998. The molecule has 1 atom stereocenters. The molecule has 28 heavy (non-hydrogen) atoms. The maximum absolute atomic E-state index is 13.1. The van der Waals surface area contributed by atoms with Gasteiger partial charge in [0, 0.05) is 31.2 Å². The van der Waals surface area contributed by atoms with Crippen molar-refractivity contribution >= 4 is 51.1 Å². The van der Waals surface area contributed by atoms with E-state index in [1.54, 1.807) is 23.9 Å². The predicted molar refractivity (Wildman–Crippen MR) is 118 cm³/mol. The molecule has 0 aliphatic carbocycles. The van der Waals surface area contributed by atoms with Gasteiger partial charge in [-0.15, -0.1) is 11.8 Å². The van der Waals surface area contributed by atoms with Gasteiger partial charge in [-0.05, 0) is 59.5 Å². The Kier molecular flexibility index (Phi) is 5.15. The smallest absolute Gasteiger partial charge is 0.189 e. The average molecular weight is 414 g/mol. The van der Waals surface area contributed by atoms with Crippen LogP contribution in [0.3, 0.4) is 0 Å². The zero-order chi connectivity index (χ0) is 19.7. The molecule has 0 saturated heterocycles. The molecule has 0 amide bonds. The van der Waals surface area contributed by atoms with Crippen molar-refractivity contribution in [3.05, 3.63) is 70.2 Å². The summed E-state index contributed by atoms with van der Waals surface area (Å²) in [4.78, 5) is 7.48. The number of hydrogen-bond donors (Lipinski definition) is 3. The van der Waals surface area contributed by atoms with E-state index in [1.165, 1.54) is 23.5 Å². The summed E-state index contributed by atoms with van der Waals surface area (Å²) in [5.41, 5.74) is 10.2. The third-order valence-corrected chi connectivity index (χ3v) is 6.52. The van der Waals surface area contributed by atoms with Gasteiger partial charge in [0.2, 0.25) is 0 Å². The molecule has 2 heterocycles. The van der Waals surface area contributed by atoms with E-state index in [2.05, 4.69) is 20.5 Å². The molecule has 0 saturated carbocycles. The molecule has 144 valence electrons. The highest BCUT2D eigenvalue weighted by Gasteiger charge is 2.24. The van der Waals surface area contributed by atoms with E-state index < -0.39 is 0 Å². The van der Waals surface area contributed by atoms with Crippen LogP contribution in [0.25, 0.3) is 5.70 Å². The first-order valence-corrected chi connectivity index (χ1v) is 10.4. The first-order valence-electron chi connectivity index (χ1n) is 8.68. The molecule has 4 rings (SSSR count). The van der Waals surface area contributed by atoms with Crippen molar-refractivity contribution in [2.24, 2.45) is 0 Å². The summed E-state index contributed by atoms with van der Waals surface area (Å²) in [5, 5.41) is 9.53. The molecule has 0 bridgehead atoms. The summed E-state index contributed by atoms with van der Waals surface area (Å²) in [6.45, 7) is 0. The van der Waals surface area contributed by atoms with Gasteiger partial charge in [0.15, 0.2) is 5.13 Å². The molecule has 0 fully saturated rings. The standard InChI is InChI=1S/C20H20FN5S2/c1-26(2)15-9-7-14(8-10-15)23-20-25-18(22)17(28-20)19-24-16(11-27-19)12-3-5-13(21)6-4-12/h3-11,19,24H,22H2,1-2H3,(H,23,25). The number of halogens is 1. The summed E-state index contributed by atoms with van der Waals surface area (Å²) in [6.07, 6.45) is 0.